The van der Waals surface area contributed by atoms with Crippen LogP contribution in [0.15, 0.2) is 41.3 Å². The van der Waals surface area contributed by atoms with Crippen LogP contribution in [0.25, 0.3) is 0 Å². The number of methoxy groups -OCH3 is 1. The Balaban J connectivity index is 2.57. The number of sulfonamides is 1. The molecule has 192 valence electrons. The number of sulfone groups is 1. The van der Waals surface area contributed by atoms with E-state index in [0.29, 0.717) is 11.4 Å². The first kappa shape index (κ1) is 28.1. The highest BCUT2D eigenvalue weighted by Gasteiger charge is 2.37. The molecular weight excluding hydrogens is 496 g/mol. The molecule has 2 rings (SSSR count). The number of Topliss-reactive ketones (excluding diaryl/α,β-unsaturated/α-hetero) is 1. The van der Waals surface area contributed by atoms with Crippen molar-refractivity contribution in [1.29, 1.82) is 0 Å². The molecule has 0 heterocycles. The predicted molar refractivity (Wildman–Crippen MR) is 133 cm³/mol. The van der Waals surface area contributed by atoms with E-state index < -0.39 is 43.1 Å². The molecule has 0 aliphatic rings. The summed E-state index contributed by atoms with van der Waals surface area (Å²) in [4.78, 5) is 26.3. The molecule has 0 bridgehead atoms. The predicted octanol–water partition coefficient (Wildman–Crippen LogP) is 2.78. The molecule has 2 N–H and O–H groups in total. The quantitative estimate of drug-likeness (QED) is 0.475. The zero-order valence-electron chi connectivity index (χ0n) is 20.6. The second kappa shape index (κ2) is 10.2. The molecule has 2 aromatic carbocycles. The van der Waals surface area contributed by atoms with Gasteiger partial charge >= 0.3 is 0 Å². The zero-order valence-corrected chi connectivity index (χ0v) is 22.3. The summed E-state index contributed by atoms with van der Waals surface area (Å²) in [5, 5.41) is 2.63. The van der Waals surface area contributed by atoms with Crippen LogP contribution in [0.4, 0.5) is 11.4 Å². The second-order valence-corrected chi connectivity index (χ2v) is 12.9. The monoisotopic (exact) mass is 526 g/mol. The molecule has 1 amide bonds. The lowest BCUT2D eigenvalue weighted by molar-refractivity contribution is -0.140. The Morgan fingerprint density at radius 3 is 2.03 bits per heavy atom. The van der Waals surface area contributed by atoms with Crippen molar-refractivity contribution in [3.8, 4) is 11.5 Å². The van der Waals surface area contributed by atoms with Gasteiger partial charge in [0.1, 0.15) is 11.5 Å². The van der Waals surface area contributed by atoms with E-state index in [1.807, 2.05) is 6.92 Å². The lowest BCUT2D eigenvalue weighted by atomic mass is 9.87. The second-order valence-electron chi connectivity index (χ2n) is 9.11. The third-order valence-corrected chi connectivity index (χ3v) is 6.45. The van der Waals surface area contributed by atoms with E-state index >= 15 is 0 Å². The summed E-state index contributed by atoms with van der Waals surface area (Å²) in [7, 11) is -6.11. The summed E-state index contributed by atoms with van der Waals surface area (Å²) in [6.07, 6.45) is 0.143. The average molecular weight is 527 g/mol. The molecule has 0 saturated carbocycles. The molecule has 0 aliphatic carbocycles. The van der Waals surface area contributed by atoms with Gasteiger partial charge in [0.25, 0.3) is 5.91 Å². The number of ether oxygens (including phenoxy) is 2. The highest BCUT2D eigenvalue weighted by molar-refractivity contribution is 7.92. The van der Waals surface area contributed by atoms with Crippen LogP contribution < -0.4 is 19.5 Å². The van der Waals surface area contributed by atoms with Crippen molar-refractivity contribution in [2.75, 3.05) is 29.7 Å². The van der Waals surface area contributed by atoms with E-state index in [4.69, 9.17) is 9.47 Å². The van der Waals surface area contributed by atoms with E-state index in [1.54, 1.807) is 39.0 Å². The number of benzene rings is 2. The van der Waals surface area contributed by atoms with Gasteiger partial charge in [0.05, 0.1) is 29.6 Å². The summed E-state index contributed by atoms with van der Waals surface area (Å²) in [6.45, 7) is 6.63. The maximum Gasteiger partial charge on any atom is 0.273 e. The normalized spacial score (nSPS) is 13.0. The molecule has 0 fully saturated rings. The van der Waals surface area contributed by atoms with Crippen LogP contribution in [-0.4, -0.2) is 54.3 Å². The summed E-state index contributed by atoms with van der Waals surface area (Å²) in [5.74, 6) is -1.23. The van der Waals surface area contributed by atoms with Gasteiger partial charge in [-0.1, -0.05) is 26.8 Å². The van der Waals surface area contributed by atoms with E-state index in [0.717, 1.165) is 24.1 Å². The molecule has 0 saturated heterocycles. The van der Waals surface area contributed by atoms with Crippen LogP contribution >= 0.6 is 0 Å². The van der Waals surface area contributed by atoms with Gasteiger partial charge in [-0.05, 0) is 42.8 Å². The molecule has 12 heteroatoms. The molecule has 0 radical (unpaired) electrons. The van der Waals surface area contributed by atoms with Crippen LogP contribution in [0.1, 0.15) is 26.3 Å². The number of nitrogens with one attached hydrogen (secondary N) is 2. The Kier molecular flexibility index (Phi) is 8.23. The lowest BCUT2D eigenvalue weighted by Crippen LogP contribution is -2.45. The Morgan fingerprint density at radius 1 is 0.914 bits per heavy atom. The number of ketones is 1. The van der Waals surface area contributed by atoms with Crippen molar-refractivity contribution < 1.29 is 35.9 Å². The van der Waals surface area contributed by atoms with E-state index in [9.17, 15) is 26.4 Å². The fourth-order valence-electron chi connectivity index (χ4n) is 2.99. The fraction of sp³-hybridized carbons (Fsp3) is 0.391. The molecule has 0 aromatic heterocycles. The minimum atomic E-state index is -3.86. The molecule has 1 atom stereocenters. The van der Waals surface area contributed by atoms with Crippen LogP contribution in [0, 0.1) is 12.3 Å². The van der Waals surface area contributed by atoms with Crippen LogP contribution in [0.5, 0.6) is 11.5 Å². The van der Waals surface area contributed by atoms with Crippen molar-refractivity contribution in [3.63, 3.8) is 0 Å². The maximum absolute atomic E-state index is 13.3. The van der Waals surface area contributed by atoms with Crippen LogP contribution in [0.2, 0.25) is 0 Å². The Hall–Kier alpha value is -3.12. The summed E-state index contributed by atoms with van der Waals surface area (Å²) < 4.78 is 61.0. The van der Waals surface area contributed by atoms with Gasteiger partial charge < -0.3 is 14.8 Å². The molecule has 0 spiro atoms. The SMILES string of the molecule is COc1ccc(C)cc1NC(=O)C(Oc1ccc(S(C)(=O)=O)cc1NS(C)(=O)=O)C(=O)C(C)(C)C. The van der Waals surface area contributed by atoms with Gasteiger partial charge in [0, 0.05) is 11.7 Å². The van der Waals surface area contributed by atoms with Crippen molar-refractivity contribution in [1.82, 2.24) is 0 Å². The van der Waals surface area contributed by atoms with Crippen molar-refractivity contribution in [2.45, 2.75) is 38.7 Å². The average Bonchev–Trinajstić information content (AvgIpc) is 2.69. The minimum absolute atomic E-state index is 0.177. The highest BCUT2D eigenvalue weighted by Crippen LogP contribution is 2.32. The first-order valence-electron chi connectivity index (χ1n) is 10.4. The third kappa shape index (κ3) is 7.69. The van der Waals surface area contributed by atoms with Crippen LogP contribution in [-0.2, 0) is 29.4 Å². The number of hydrogen-bond acceptors (Lipinski definition) is 8. The van der Waals surface area contributed by atoms with Gasteiger partial charge in [-0.2, -0.15) is 0 Å². The molecule has 0 aliphatic heterocycles. The largest absolute Gasteiger partial charge is 0.495 e. The first-order valence-corrected chi connectivity index (χ1v) is 14.2. The van der Waals surface area contributed by atoms with Crippen molar-refractivity contribution in [2.24, 2.45) is 5.41 Å². The van der Waals surface area contributed by atoms with Gasteiger partial charge in [-0.25, -0.2) is 16.8 Å². The third-order valence-electron chi connectivity index (χ3n) is 4.75. The Labute approximate surface area is 206 Å². The Bertz CT molecular complexity index is 1340. The topological polar surface area (TPSA) is 145 Å². The summed E-state index contributed by atoms with van der Waals surface area (Å²) in [6, 6.07) is 8.55. The van der Waals surface area contributed by atoms with E-state index in [1.165, 1.54) is 19.2 Å². The number of hydrogen-bond donors (Lipinski definition) is 2. The number of carbonyl (C=O) groups is 2. The van der Waals surface area contributed by atoms with E-state index in [2.05, 4.69) is 10.0 Å². The van der Waals surface area contributed by atoms with Gasteiger partial charge in [-0.3, -0.25) is 14.3 Å². The standard InChI is InChI=1S/C23H30N2O8S2/c1-14-8-10-18(32-5)16(12-14)24-22(27)20(21(26)23(2,3)4)33-19-11-9-15(34(6,28)29)13-17(19)25-35(7,30)31/h8-13,20,25H,1-7H3,(H,24,27). The number of anilines is 2. The Morgan fingerprint density at radius 2 is 1.51 bits per heavy atom. The number of aryl methyl sites for hydroxylation is 1. The maximum atomic E-state index is 13.3. The number of rotatable bonds is 9. The molecular formula is C23H30N2O8S2. The minimum Gasteiger partial charge on any atom is -0.495 e. The highest BCUT2D eigenvalue weighted by atomic mass is 32.2. The van der Waals surface area contributed by atoms with Gasteiger partial charge in [0.2, 0.25) is 16.1 Å². The molecule has 10 nitrogen and oxygen atoms in total. The fourth-order valence-corrected chi connectivity index (χ4v) is 4.19. The summed E-state index contributed by atoms with van der Waals surface area (Å²) in [5.41, 5.74) is -0.0926. The molecule has 35 heavy (non-hydrogen) atoms. The first-order chi connectivity index (χ1) is 15.9. The van der Waals surface area contributed by atoms with Crippen molar-refractivity contribution in [3.05, 3.63) is 42.0 Å². The molecule has 2 aromatic rings. The van der Waals surface area contributed by atoms with Crippen LogP contribution in [0.3, 0.4) is 0 Å². The number of amides is 1. The lowest BCUT2D eigenvalue weighted by Gasteiger charge is -2.26. The van der Waals surface area contributed by atoms with E-state index in [-0.39, 0.29) is 16.3 Å². The zero-order chi connectivity index (χ0) is 26.8. The smallest absolute Gasteiger partial charge is 0.273 e. The van der Waals surface area contributed by atoms with Crippen molar-refractivity contribution >= 4 is 42.9 Å². The molecule has 1 unspecified atom stereocenters. The summed E-state index contributed by atoms with van der Waals surface area (Å²) >= 11 is 0. The van der Waals surface area contributed by atoms with Gasteiger partial charge in [0.15, 0.2) is 15.6 Å². The number of carbonyl (C=O) groups excluding carboxylic acids is 2. The van der Waals surface area contributed by atoms with Gasteiger partial charge in [-0.15, -0.1) is 0 Å².